The van der Waals surface area contributed by atoms with Crippen LogP contribution in [-0.2, 0) is 6.54 Å². The van der Waals surface area contributed by atoms with E-state index in [0.29, 0.717) is 0 Å². The molecule has 1 heterocycles. The number of rotatable bonds is 6. The standard InChI is InChI=1S/C16H24N4.ClH/c1-16(2,20(3)4)12-17-10-14-11-18-19-15(14)13-8-6-5-7-9-13;/h5-9,11,17H,10,12H2,1-4H3,(H,18,19);1H. The first-order valence-electron chi connectivity index (χ1n) is 6.96. The zero-order valence-corrected chi connectivity index (χ0v) is 14.0. The third-order valence-electron chi connectivity index (χ3n) is 3.86. The summed E-state index contributed by atoms with van der Waals surface area (Å²) in [7, 11) is 4.21. The summed E-state index contributed by atoms with van der Waals surface area (Å²) in [5.41, 5.74) is 3.61. The van der Waals surface area contributed by atoms with Crippen molar-refractivity contribution < 1.29 is 0 Å². The van der Waals surface area contributed by atoms with Crippen LogP contribution < -0.4 is 5.32 Å². The second-order valence-electron chi connectivity index (χ2n) is 5.95. The average molecular weight is 309 g/mol. The third kappa shape index (κ3) is 4.56. The van der Waals surface area contributed by atoms with E-state index >= 15 is 0 Å². The zero-order valence-electron chi connectivity index (χ0n) is 13.2. The highest BCUT2D eigenvalue weighted by Gasteiger charge is 2.19. The number of nitrogens with zero attached hydrogens (tertiary/aromatic N) is 2. The molecule has 1 aromatic carbocycles. The molecular formula is C16H25ClN4. The fourth-order valence-corrected chi connectivity index (χ4v) is 1.96. The van der Waals surface area contributed by atoms with Crippen LogP contribution >= 0.6 is 12.4 Å². The van der Waals surface area contributed by atoms with Crippen LogP contribution in [0.2, 0.25) is 0 Å². The van der Waals surface area contributed by atoms with Gasteiger partial charge in [0, 0.05) is 24.2 Å². The van der Waals surface area contributed by atoms with Crippen LogP contribution in [-0.4, -0.2) is 41.3 Å². The molecule has 0 amide bonds. The second kappa shape index (κ2) is 7.59. The summed E-state index contributed by atoms with van der Waals surface area (Å²) in [6, 6.07) is 10.3. The molecule has 2 aromatic rings. The number of H-pyrrole nitrogens is 1. The van der Waals surface area contributed by atoms with Crippen LogP contribution in [0.3, 0.4) is 0 Å². The Balaban J connectivity index is 0.00000220. The highest BCUT2D eigenvalue weighted by molar-refractivity contribution is 5.85. The van der Waals surface area contributed by atoms with Crippen molar-refractivity contribution >= 4 is 12.4 Å². The molecule has 116 valence electrons. The number of aromatic nitrogens is 2. The number of hydrogen-bond donors (Lipinski definition) is 2. The van der Waals surface area contributed by atoms with E-state index in [1.807, 2.05) is 24.4 Å². The van der Waals surface area contributed by atoms with Crippen LogP contribution in [0.1, 0.15) is 19.4 Å². The van der Waals surface area contributed by atoms with Crippen molar-refractivity contribution in [2.75, 3.05) is 20.6 Å². The molecule has 0 unspecified atom stereocenters. The Morgan fingerprint density at radius 2 is 1.86 bits per heavy atom. The van der Waals surface area contributed by atoms with Gasteiger partial charge in [0.25, 0.3) is 0 Å². The lowest BCUT2D eigenvalue weighted by molar-refractivity contribution is 0.190. The van der Waals surface area contributed by atoms with E-state index in [9.17, 15) is 0 Å². The second-order valence-corrected chi connectivity index (χ2v) is 5.95. The van der Waals surface area contributed by atoms with Gasteiger partial charge >= 0.3 is 0 Å². The molecule has 1 aromatic heterocycles. The van der Waals surface area contributed by atoms with Gasteiger partial charge in [0.15, 0.2) is 0 Å². The van der Waals surface area contributed by atoms with E-state index in [1.165, 1.54) is 11.1 Å². The van der Waals surface area contributed by atoms with E-state index in [4.69, 9.17) is 0 Å². The minimum absolute atomic E-state index is 0. The highest BCUT2D eigenvalue weighted by atomic mass is 35.5. The van der Waals surface area contributed by atoms with Gasteiger partial charge in [-0.25, -0.2) is 0 Å². The lowest BCUT2D eigenvalue weighted by Crippen LogP contribution is -2.46. The van der Waals surface area contributed by atoms with Crippen molar-refractivity contribution in [1.29, 1.82) is 0 Å². The van der Waals surface area contributed by atoms with Crippen LogP contribution in [0.5, 0.6) is 0 Å². The Morgan fingerprint density at radius 1 is 1.19 bits per heavy atom. The van der Waals surface area contributed by atoms with Gasteiger partial charge in [-0.1, -0.05) is 30.3 Å². The maximum Gasteiger partial charge on any atom is 0.0695 e. The largest absolute Gasteiger partial charge is 0.311 e. The third-order valence-corrected chi connectivity index (χ3v) is 3.86. The van der Waals surface area contributed by atoms with Gasteiger partial charge < -0.3 is 10.2 Å². The summed E-state index contributed by atoms with van der Waals surface area (Å²) in [6.07, 6.45) is 1.90. The molecule has 0 spiro atoms. The van der Waals surface area contributed by atoms with Gasteiger partial charge in [0.05, 0.1) is 11.9 Å². The van der Waals surface area contributed by atoms with E-state index in [-0.39, 0.29) is 17.9 Å². The van der Waals surface area contributed by atoms with Gasteiger partial charge in [-0.15, -0.1) is 12.4 Å². The SMILES string of the molecule is CN(C)C(C)(C)CNCc1cn[nH]c1-c1ccccc1.Cl. The molecule has 0 radical (unpaired) electrons. The summed E-state index contributed by atoms with van der Waals surface area (Å²) >= 11 is 0. The van der Waals surface area contributed by atoms with Crippen molar-refractivity contribution in [3.05, 3.63) is 42.1 Å². The predicted octanol–water partition coefficient (Wildman–Crippen LogP) is 2.93. The van der Waals surface area contributed by atoms with Crippen LogP contribution in [0, 0.1) is 0 Å². The molecule has 0 atom stereocenters. The smallest absolute Gasteiger partial charge is 0.0695 e. The van der Waals surface area contributed by atoms with Gasteiger partial charge in [-0.05, 0) is 33.5 Å². The Labute approximate surface area is 133 Å². The first kappa shape index (κ1) is 17.7. The van der Waals surface area contributed by atoms with E-state index in [0.717, 1.165) is 18.8 Å². The molecule has 4 nitrogen and oxygen atoms in total. The minimum Gasteiger partial charge on any atom is -0.311 e. The quantitative estimate of drug-likeness (QED) is 0.862. The summed E-state index contributed by atoms with van der Waals surface area (Å²) < 4.78 is 0. The van der Waals surface area contributed by atoms with Crippen molar-refractivity contribution in [2.24, 2.45) is 0 Å². The van der Waals surface area contributed by atoms with Crippen molar-refractivity contribution in [2.45, 2.75) is 25.9 Å². The monoisotopic (exact) mass is 308 g/mol. The lowest BCUT2D eigenvalue weighted by Gasteiger charge is -2.32. The Morgan fingerprint density at radius 3 is 2.48 bits per heavy atom. The van der Waals surface area contributed by atoms with Crippen LogP contribution in [0.25, 0.3) is 11.3 Å². The predicted molar refractivity (Wildman–Crippen MR) is 90.7 cm³/mol. The molecule has 0 saturated carbocycles. The first-order chi connectivity index (χ1) is 9.50. The summed E-state index contributed by atoms with van der Waals surface area (Å²) in [5.74, 6) is 0. The molecule has 5 heteroatoms. The molecule has 0 aliphatic rings. The normalized spacial score (nSPS) is 11.5. The summed E-state index contributed by atoms with van der Waals surface area (Å²) in [4.78, 5) is 2.23. The first-order valence-corrected chi connectivity index (χ1v) is 6.96. The Hall–Kier alpha value is -1.36. The fraction of sp³-hybridized carbons (Fsp3) is 0.438. The fourth-order valence-electron chi connectivity index (χ4n) is 1.96. The Bertz CT molecular complexity index is 534. The number of aromatic amines is 1. The summed E-state index contributed by atoms with van der Waals surface area (Å²) in [6.45, 7) is 6.21. The lowest BCUT2D eigenvalue weighted by atomic mass is 10.0. The number of halogens is 1. The average Bonchev–Trinajstić information content (AvgIpc) is 2.88. The van der Waals surface area contributed by atoms with Gasteiger partial charge in [-0.2, -0.15) is 5.10 Å². The van der Waals surface area contributed by atoms with E-state index in [2.05, 4.69) is 60.5 Å². The zero-order chi connectivity index (χ0) is 14.6. The van der Waals surface area contributed by atoms with Gasteiger partial charge in [0.2, 0.25) is 0 Å². The van der Waals surface area contributed by atoms with Crippen LogP contribution in [0.4, 0.5) is 0 Å². The van der Waals surface area contributed by atoms with Gasteiger partial charge in [0.1, 0.15) is 0 Å². The number of benzene rings is 1. The van der Waals surface area contributed by atoms with Crippen molar-refractivity contribution in [1.82, 2.24) is 20.4 Å². The topological polar surface area (TPSA) is 44.0 Å². The number of nitrogens with one attached hydrogen (secondary N) is 2. The molecule has 0 saturated heterocycles. The van der Waals surface area contributed by atoms with E-state index in [1.54, 1.807) is 0 Å². The molecule has 21 heavy (non-hydrogen) atoms. The van der Waals surface area contributed by atoms with Crippen molar-refractivity contribution in [3.63, 3.8) is 0 Å². The van der Waals surface area contributed by atoms with E-state index < -0.39 is 0 Å². The molecule has 2 rings (SSSR count). The number of hydrogen-bond acceptors (Lipinski definition) is 3. The molecular weight excluding hydrogens is 284 g/mol. The maximum atomic E-state index is 4.17. The van der Waals surface area contributed by atoms with Crippen LogP contribution in [0.15, 0.2) is 36.5 Å². The highest BCUT2D eigenvalue weighted by Crippen LogP contribution is 2.20. The Kier molecular flexibility index (Phi) is 6.40. The molecule has 2 N–H and O–H groups in total. The van der Waals surface area contributed by atoms with Gasteiger partial charge in [-0.3, -0.25) is 5.10 Å². The molecule has 0 fully saturated rings. The number of likely N-dealkylation sites (N-methyl/N-ethyl adjacent to an activating group) is 1. The molecule has 0 aliphatic heterocycles. The maximum absolute atomic E-state index is 4.17. The van der Waals surface area contributed by atoms with Crippen molar-refractivity contribution in [3.8, 4) is 11.3 Å². The minimum atomic E-state index is 0. The molecule has 0 aliphatic carbocycles. The molecule has 0 bridgehead atoms. The summed E-state index contributed by atoms with van der Waals surface area (Å²) in [5, 5.41) is 10.8.